The molecule has 3 saturated heterocycles. The number of ether oxygens (including phenoxy) is 1. The highest BCUT2D eigenvalue weighted by Crippen LogP contribution is 2.47. The summed E-state index contributed by atoms with van der Waals surface area (Å²) in [4.78, 5) is 40.3. The first kappa shape index (κ1) is 20.3. The fraction of sp³-hybridized carbons (Fsp3) is 0.591. The number of nitrogens with zero attached hydrogens (tertiary/aromatic N) is 2. The molecule has 0 saturated carbocycles. The molecular formula is C22H28N2O4S. The number of thioether (sulfide) groups is 1. The van der Waals surface area contributed by atoms with E-state index < -0.39 is 12.0 Å². The first-order valence-corrected chi connectivity index (χ1v) is 11.4. The number of esters is 1. The van der Waals surface area contributed by atoms with Gasteiger partial charge < -0.3 is 14.5 Å². The zero-order valence-corrected chi connectivity index (χ0v) is 17.7. The van der Waals surface area contributed by atoms with Crippen molar-refractivity contribution < 1.29 is 19.1 Å². The minimum atomic E-state index is -0.565. The molecule has 0 aliphatic carbocycles. The SMILES string of the molecule is C[C@@]12CCC(=O)N1[C@@H](C(=O)OCC(=O)N1CCC(Cc3ccccc3)CC1)CS2. The number of piperidine rings is 1. The summed E-state index contributed by atoms with van der Waals surface area (Å²) in [6.45, 7) is 3.17. The maximum absolute atomic E-state index is 12.5. The van der Waals surface area contributed by atoms with Crippen LogP contribution in [0.1, 0.15) is 38.2 Å². The Labute approximate surface area is 175 Å². The monoisotopic (exact) mass is 416 g/mol. The molecule has 2 amide bonds. The van der Waals surface area contributed by atoms with E-state index in [2.05, 4.69) is 24.3 Å². The second-order valence-corrected chi connectivity index (χ2v) is 9.89. The van der Waals surface area contributed by atoms with E-state index in [-0.39, 0.29) is 23.3 Å². The van der Waals surface area contributed by atoms with Crippen molar-refractivity contribution in [3.63, 3.8) is 0 Å². The van der Waals surface area contributed by atoms with E-state index in [0.29, 0.717) is 31.2 Å². The molecule has 6 nitrogen and oxygen atoms in total. The van der Waals surface area contributed by atoms with Crippen LogP contribution >= 0.6 is 11.8 Å². The van der Waals surface area contributed by atoms with Crippen molar-refractivity contribution >= 4 is 29.5 Å². The summed E-state index contributed by atoms with van der Waals surface area (Å²) in [6, 6.07) is 9.87. The molecule has 0 N–H and O–H groups in total. The molecule has 1 aromatic carbocycles. The molecule has 1 aromatic rings. The number of carbonyl (C=O) groups excluding carboxylic acids is 3. The molecule has 3 aliphatic rings. The molecule has 0 aromatic heterocycles. The van der Waals surface area contributed by atoms with Gasteiger partial charge in [0.15, 0.2) is 6.61 Å². The van der Waals surface area contributed by atoms with Crippen molar-refractivity contribution in [3.8, 4) is 0 Å². The zero-order valence-electron chi connectivity index (χ0n) is 16.8. The second-order valence-electron chi connectivity index (χ2n) is 8.39. The normalized spacial score (nSPS) is 27.2. The average molecular weight is 417 g/mol. The predicted octanol–water partition coefficient (Wildman–Crippen LogP) is 2.46. The molecule has 3 fully saturated rings. The predicted molar refractivity (Wildman–Crippen MR) is 111 cm³/mol. The Morgan fingerprint density at radius 1 is 1.21 bits per heavy atom. The number of benzene rings is 1. The summed E-state index contributed by atoms with van der Waals surface area (Å²) in [6.07, 6.45) is 4.21. The maximum atomic E-state index is 12.5. The average Bonchev–Trinajstić information content (AvgIpc) is 3.23. The molecule has 156 valence electrons. The van der Waals surface area contributed by atoms with Crippen LogP contribution in [0, 0.1) is 5.92 Å². The number of hydrogen-bond acceptors (Lipinski definition) is 5. The van der Waals surface area contributed by atoms with Crippen molar-refractivity contribution in [2.45, 2.75) is 49.9 Å². The lowest BCUT2D eigenvalue weighted by Gasteiger charge is -2.32. The van der Waals surface area contributed by atoms with Gasteiger partial charge in [0, 0.05) is 25.3 Å². The van der Waals surface area contributed by atoms with Gasteiger partial charge >= 0.3 is 5.97 Å². The van der Waals surface area contributed by atoms with Gasteiger partial charge in [0.25, 0.3) is 5.91 Å². The van der Waals surface area contributed by atoms with Gasteiger partial charge in [0.05, 0.1) is 4.87 Å². The molecule has 2 atom stereocenters. The quantitative estimate of drug-likeness (QED) is 0.690. The van der Waals surface area contributed by atoms with Gasteiger partial charge in [-0.25, -0.2) is 4.79 Å². The lowest BCUT2D eigenvalue weighted by atomic mass is 9.90. The van der Waals surface area contributed by atoms with E-state index in [1.54, 1.807) is 21.6 Å². The van der Waals surface area contributed by atoms with Crippen LogP contribution in [0.25, 0.3) is 0 Å². The highest BCUT2D eigenvalue weighted by Gasteiger charge is 2.53. The van der Waals surface area contributed by atoms with Crippen molar-refractivity contribution in [3.05, 3.63) is 35.9 Å². The smallest absolute Gasteiger partial charge is 0.330 e. The van der Waals surface area contributed by atoms with E-state index in [1.807, 2.05) is 13.0 Å². The maximum Gasteiger partial charge on any atom is 0.330 e. The van der Waals surface area contributed by atoms with E-state index in [0.717, 1.165) is 25.7 Å². The summed E-state index contributed by atoms with van der Waals surface area (Å²) in [5.41, 5.74) is 1.34. The summed E-state index contributed by atoms with van der Waals surface area (Å²) in [5, 5.41) is 0. The summed E-state index contributed by atoms with van der Waals surface area (Å²) in [7, 11) is 0. The fourth-order valence-electron chi connectivity index (χ4n) is 4.65. The lowest BCUT2D eigenvalue weighted by Crippen LogP contribution is -2.47. The summed E-state index contributed by atoms with van der Waals surface area (Å²) < 4.78 is 5.33. The van der Waals surface area contributed by atoms with Crippen LogP contribution in [0.2, 0.25) is 0 Å². The van der Waals surface area contributed by atoms with Crippen LogP contribution < -0.4 is 0 Å². The summed E-state index contributed by atoms with van der Waals surface area (Å²) >= 11 is 1.63. The minimum absolute atomic E-state index is 0.00580. The molecule has 0 unspecified atom stereocenters. The Hall–Kier alpha value is -2.02. The Kier molecular flexibility index (Phi) is 5.86. The van der Waals surface area contributed by atoms with Crippen LogP contribution in [-0.2, 0) is 25.5 Å². The third-order valence-corrected chi connectivity index (χ3v) is 7.89. The molecule has 29 heavy (non-hydrogen) atoms. The first-order chi connectivity index (χ1) is 14.0. The highest BCUT2D eigenvalue weighted by molar-refractivity contribution is 8.01. The van der Waals surface area contributed by atoms with Gasteiger partial charge in [-0.2, -0.15) is 0 Å². The number of likely N-dealkylation sites (tertiary alicyclic amines) is 1. The molecular weight excluding hydrogens is 388 g/mol. The lowest BCUT2D eigenvalue weighted by molar-refractivity contribution is -0.158. The van der Waals surface area contributed by atoms with E-state index >= 15 is 0 Å². The molecule has 3 heterocycles. The number of fused-ring (bicyclic) bond motifs is 1. The van der Waals surface area contributed by atoms with Gasteiger partial charge in [-0.3, -0.25) is 9.59 Å². The van der Waals surface area contributed by atoms with E-state index in [9.17, 15) is 14.4 Å². The second kappa shape index (κ2) is 8.38. The van der Waals surface area contributed by atoms with Crippen LogP contribution in [0.5, 0.6) is 0 Å². The van der Waals surface area contributed by atoms with Crippen LogP contribution in [-0.4, -0.2) is 63.9 Å². The molecule has 3 aliphatic heterocycles. The minimum Gasteiger partial charge on any atom is -0.454 e. The van der Waals surface area contributed by atoms with Crippen LogP contribution in [0.3, 0.4) is 0 Å². The molecule has 7 heteroatoms. The number of amides is 2. The van der Waals surface area contributed by atoms with E-state index in [1.165, 1.54) is 5.56 Å². The largest absolute Gasteiger partial charge is 0.454 e. The first-order valence-electron chi connectivity index (χ1n) is 10.4. The molecule has 0 radical (unpaired) electrons. The Balaban J connectivity index is 1.22. The van der Waals surface area contributed by atoms with Crippen LogP contribution in [0.15, 0.2) is 30.3 Å². The molecule has 0 bridgehead atoms. The van der Waals surface area contributed by atoms with Gasteiger partial charge in [0.1, 0.15) is 6.04 Å². The van der Waals surface area contributed by atoms with Crippen molar-refractivity contribution in [1.29, 1.82) is 0 Å². The zero-order chi connectivity index (χ0) is 20.4. The van der Waals surface area contributed by atoms with Crippen LogP contribution in [0.4, 0.5) is 0 Å². The van der Waals surface area contributed by atoms with Gasteiger partial charge in [-0.05, 0) is 44.1 Å². The van der Waals surface area contributed by atoms with Gasteiger partial charge in [0.2, 0.25) is 5.91 Å². The topological polar surface area (TPSA) is 66.9 Å². The standard InChI is InChI=1S/C22H28N2O4S/c1-22-10-7-19(25)24(22)18(15-29-22)21(27)28-14-20(26)23-11-8-17(9-12-23)13-16-5-3-2-4-6-16/h2-6,17-18H,7-15H2,1H3/t18-,22-/m1/s1. The Bertz CT molecular complexity index is 778. The van der Waals surface area contributed by atoms with E-state index in [4.69, 9.17) is 4.74 Å². The number of hydrogen-bond donors (Lipinski definition) is 0. The van der Waals surface area contributed by atoms with Gasteiger partial charge in [-0.1, -0.05) is 30.3 Å². The Morgan fingerprint density at radius 2 is 1.93 bits per heavy atom. The third-order valence-electron chi connectivity index (χ3n) is 6.39. The Morgan fingerprint density at radius 3 is 2.66 bits per heavy atom. The van der Waals surface area contributed by atoms with Crippen molar-refractivity contribution in [1.82, 2.24) is 9.80 Å². The molecule has 0 spiro atoms. The third kappa shape index (κ3) is 4.29. The summed E-state index contributed by atoms with van der Waals surface area (Å²) in [5.74, 6) is 0.534. The van der Waals surface area contributed by atoms with Gasteiger partial charge in [-0.15, -0.1) is 11.8 Å². The number of rotatable bonds is 5. The highest BCUT2D eigenvalue weighted by atomic mass is 32.2. The van der Waals surface area contributed by atoms with Crippen molar-refractivity contribution in [2.24, 2.45) is 5.92 Å². The fourth-order valence-corrected chi connectivity index (χ4v) is 6.07. The number of carbonyl (C=O) groups is 3. The van der Waals surface area contributed by atoms with Crippen molar-refractivity contribution in [2.75, 3.05) is 25.4 Å². The molecule has 4 rings (SSSR count).